The van der Waals surface area contributed by atoms with Gasteiger partial charge in [-0.3, -0.25) is 0 Å². The van der Waals surface area contributed by atoms with Gasteiger partial charge >= 0.3 is 18.0 Å². The number of halogens is 2. The van der Waals surface area contributed by atoms with Crippen LogP contribution in [-0.2, 0) is 9.59 Å². The highest BCUT2D eigenvalue weighted by Gasteiger charge is 2.16. The highest BCUT2D eigenvalue weighted by Crippen LogP contribution is 2.27. The van der Waals surface area contributed by atoms with Crippen LogP contribution in [0.5, 0.6) is 5.75 Å². The van der Waals surface area contributed by atoms with Crippen LogP contribution in [0, 0.1) is 0 Å². The van der Waals surface area contributed by atoms with Crippen molar-refractivity contribution < 1.29 is 29.3 Å². The van der Waals surface area contributed by atoms with Crippen molar-refractivity contribution in [2.75, 3.05) is 40.3 Å². The molecule has 0 saturated carbocycles. The van der Waals surface area contributed by atoms with E-state index in [1.165, 1.54) is 0 Å². The molecule has 2 amide bonds. The Morgan fingerprint density at radius 2 is 1.68 bits per heavy atom. The van der Waals surface area contributed by atoms with E-state index in [2.05, 4.69) is 5.32 Å². The van der Waals surface area contributed by atoms with Crippen LogP contribution in [0.1, 0.15) is 13.8 Å². The van der Waals surface area contributed by atoms with Crippen LogP contribution in [-0.4, -0.2) is 84.4 Å². The van der Waals surface area contributed by atoms with Crippen molar-refractivity contribution in [2.24, 2.45) is 0 Å². The van der Waals surface area contributed by atoms with E-state index in [1.54, 1.807) is 23.1 Å². The smallest absolute Gasteiger partial charge is 0.328 e. The van der Waals surface area contributed by atoms with E-state index in [9.17, 15) is 14.4 Å². The highest BCUT2D eigenvalue weighted by atomic mass is 35.5. The molecule has 0 spiro atoms. The van der Waals surface area contributed by atoms with Gasteiger partial charge in [-0.2, -0.15) is 0 Å². The Morgan fingerprint density at radius 3 is 2.13 bits per heavy atom. The molecule has 0 atom stereocenters. The van der Waals surface area contributed by atoms with E-state index in [0.717, 1.165) is 6.54 Å². The summed E-state index contributed by atoms with van der Waals surface area (Å²) >= 11 is 11.9. The van der Waals surface area contributed by atoms with E-state index in [1.807, 2.05) is 32.8 Å². The molecule has 0 aromatic heterocycles. The molecule has 31 heavy (non-hydrogen) atoms. The van der Waals surface area contributed by atoms with Crippen molar-refractivity contribution >= 4 is 41.2 Å². The molecule has 1 rings (SSSR count). The Bertz CT molecular complexity index is 740. The summed E-state index contributed by atoms with van der Waals surface area (Å²) in [4.78, 5) is 35.1. The molecule has 1 aromatic carbocycles. The lowest BCUT2D eigenvalue weighted by atomic mass is 10.3. The van der Waals surface area contributed by atoms with Gasteiger partial charge in [0.15, 0.2) is 0 Å². The van der Waals surface area contributed by atoms with Crippen LogP contribution in [0.4, 0.5) is 4.79 Å². The summed E-state index contributed by atoms with van der Waals surface area (Å²) in [5.74, 6) is -1.95. The normalized spacial score (nSPS) is 10.6. The minimum Gasteiger partial charge on any atom is -0.490 e. The SMILES string of the molecule is CC(C)N(CCOc1ccc(Cl)cc1Cl)C(=O)NCCN(C)C.O=C(O)C=CC(=O)O. The van der Waals surface area contributed by atoms with E-state index in [4.69, 9.17) is 38.2 Å². The molecule has 0 bridgehead atoms. The summed E-state index contributed by atoms with van der Waals surface area (Å²) < 4.78 is 5.64. The van der Waals surface area contributed by atoms with Crippen molar-refractivity contribution in [1.29, 1.82) is 0 Å². The molecule has 9 nitrogen and oxygen atoms in total. The van der Waals surface area contributed by atoms with Crippen LogP contribution in [0.2, 0.25) is 10.0 Å². The maximum absolute atomic E-state index is 12.2. The average molecular weight is 478 g/mol. The summed E-state index contributed by atoms with van der Waals surface area (Å²) in [5.41, 5.74) is 0. The molecule has 0 aliphatic rings. The third-order valence-electron chi connectivity index (χ3n) is 3.57. The third kappa shape index (κ3) is 14.2. The topological polar surface area (TPSA) is 119 Å². The number of likely N-dealkylation sites (N-methyl/N-ethyl adjacent to an activating group) is 1. The zero-order chi connectivity index (χ0) is 24.0. The monoisotopic (exact) mass is 477 g/mol. The molecule has 0 aliphatic heterocycles. The fourth-order valence-corrected chi connectivity index (χ4v) is 2.53. The number of amides is 2. The van der Waals surface area contributed by atoms with Crippen molar-refractivity contribution in [1.82, 2.24) is 15.1 Å². The van der Waals surface area contributed by atoms with Crippen molar-refractivity contribution in [2.45, 2.75) is 19.9 Å². The van der Waals surface area contributed by atoms with Gasteiger partial charge in [0.2, 0.25) is 0 Å². The average Bonchev–Trinajstić information content (AvgIpc) is 2.64. The van der Waals surface area contributed by atoms with E-state index in [-0.39, 0.29) is 12.1 Å². The molecule has 3 N–H and O–H groups in total. The number of nitrogens with zero attached hydrogens (tertiary/aromatic N) is 2. The fraction of sp³-hybridized carbons (Fsp3) is 0.450. The number of ether oxygens (including phenoxy) is 1. The molecule has 174 valence electrons. The highest BCUT2D eigenvalue weighted by molar-refractivity contribution is 6.35. The van der Waals surface area contributed by atoms with Gasteiger partial charge < -0.3 is 30.1 Å². The molecule has 0 fully saturated rings. The van der Waals surface area contributed by atoms with Gasteiger partial charge in [-0.15, -0.1) is 0 Å². The molecule has 0 heterocycles. The molecule has 1 aromatic rings. The first-order valence-corrected chi connectivity index (χ1v) is 10.1. The lowest BCUT2D eigenvalue weighted by molar-refractivity contribution is -0.134. The fourth-order valence-electron chi connectivity index (χ4n) is 2.07. The summed E-state index contributed by atoms with van der Waals surface area (Å²) in [7, 11) is 3.94. The summed E-state index contributed by atoms with van der Waals surface area (Å²) in [6.45, 7) is 6.19. The Labute approximate surface area is 192 Å². The van der Waals surface area contributed by atoms with Gasteiger partial charge in [0.05, 0.1) is 11.6 Å². The number of carboxylic acids is 2. The largest absolute Gasteiger partial charge is 0.490 e. The third-order valence-corrected chi connectivity index (χ3v) is 4.10. The standard InChI is InChI=1S/C16H25Cl2N3O2.C4H4O4/c1-12(2)21(16(22)19-7-8-20(3)4)9-10-23-15-6-5-13(17)11-14(15)18;5-3(6)1-2-4(7)8/h5-6,11-12H,7-10H2,1-4H3,(H,19,22);1-2H,(H,5,6)(H,7,8). The number of urea groups is 1. The molecule has 0 unspecified atom stereocenters. The van der Waals surface area contributed by atoms with Crippen molar-refractivity contribution in [3.05, 3.63) is 40.4 Å². The number of aliphatic carboxylic acids is 2. The van der Waals surface area contributed by atoms with Gasteiger partial charge in [-0.1, -0.05) is 23.2 Å². The summed E-state index contributed by atoms with van der Waals surface area (Å²) in [5, 5.41) is 19.6. The molecule has 0 saturated heterocycles. The number of nitrogens with one attached hydrogen (secondary N) is 1. The summed E-state index contributed by atoms with van der Waals surface area (Å²) in [6, 6.07) is 5.07. The van der Waals surface area contributed by atoms with Gasteiger partial charge in [0, 0.05) is 36.3 Å². The first-order chi connectivity index (χ1) is 14.4. The minimum atomic E-state index is -1.26. The predicted octanol–water partition coefficient (Wildman–Crippen LogP) is 3.07. The second-order valence-electron chi connectivity index (χ2n) is 6.76. The molecular formula is C20H29Cl2N3O6. The Hall–Kier alpha value is -2.49. The second-order valence-corrected chi connectivity index (χ2v) is 7.60. The van der Waals surface area contributed by atoms with Gasteiger partial charge in [-0.25, -0.2) is 14.4 Å². The molecule has 11 heteroatoms. The number of carbonyl (C=O) groups excluding carboxylic acids is 1. The van der Waals surface area contributed by atoms with Gasteiger partial charge in [0.1, 0.15) is 12.4 Å². The van der Waals surface area contributed by atoms with Gasteiger partial charge in [0.25, 0.3) is 0 Å². The van der Waals surface area contributed by atoms with E-state index >= 15 is 0 Å². The molecule has 0 radical (unpaired) electrons. The predicted molar refractivity (Wildman–Crippen MR) is 120 cm³/mol. The number of carboxylic acid groups (broad SMARTS) is 2. The maximum atomic E-state index is 12.2. The lowest BCUT2D eigenvalue weighted by Crippen LogP contribution is -2.47. The quantitative estimate of drug-likeness (QED) is 0.442. The Morgan fingerprint density at radius 1 is 1.10 bits per heavy atom. The first-order valence-electron chi connectivity index (χ1n) is 9.35. The molecule has 0 aliphatic carbocycles. The minimum absolute atomic E-state index is 0.0821. The second kappa shape index (κ2) is 15.3. The van der Waals surface area contributed by atoms with Crippen LogP contribution >= 0.6 is 23.2 Å². The van der Waals surface area contributed by atoms with E-state index in [0.29, 0.717) is 47.6 Å². The number of hydrogen-bond donors (Lipinski definition) is 3. The summed E-state index contributed by atoms with van der Waals surface area (Å²) in [6.07, 6.45) is 1.12. The van der Waals surface area contributed by atoms with Crippen molar-refractivity contribution in [3.8, 4) is 5.75 Å². The number of rotatable bonds is 10. The van der Waals surface area contributed by atoms with E-state index < -0.39 is 11.9 Å². The molecular weight excluding hydrogens is 449 g/mol. The van der Waals surface area contributed by atoms with Crippen LogP contribution in [0.15, 0.2) is 30.4 Å². The van der Waals surface area contributed by atoms with Gasteiger partial charge in [-0.05, 0) is 46.1 Å². The van der Waals surface area contributed by atoms with Crippen LogP contribution in [0.25, 0.3) is 0 Å². The Balaban J connectivity index is 0.000000954. The number of carbonyl (C=O) groups is 3. The number of hydrogen-bond acceptors (Lipinski definition) is 5. The lowest BCUT2D eigenvalue weighted by Gasteiger charge is -2.27. The zero-order valence-corrected chi connectivity index (χ0v) is 19.5. The number of benzene rings is 1. The Kier molecular flexibility index (Phi) is 14.1. The zero-order valence-electron chi connectivity index (χ0n) is 18.0. The van der Waals surface area contributed by atoms with Crippen molar-refractivity contribution in [3.63, 3.8) is 0 Å². The first kappa shape index (κ1) is 28.5. The van der Waals surface area contributed by atoms with Crippen LogP contribution in [0.3, 0.4) is 0 Å². The van der Waals surface area contributed by atoms with Crippen LogP contribution < -0.4 is 10.1 Å². The maximum Gasteiger partial charge on any atom is 0.328 e.